The summed E-state index contributed by atoms with van der Waals surface area (Å²) in [5.74, 6) is 0.967. The summed E-state index contributed by atoms with van der Waals surface area (Å²) < 4.78 is 1.98. The normalized spacial score (nSPS) is 17.1. The molecule has 0 bridgehead atoms. The second kappa shape index (κ2) is 8.91. The minimum atomic E-state index is 0.215. The number of guanidine groups is 1. The minimum absolute atomic E-state index is 0.215. The van der Waals surface area contributed by atoms with E-state index in [9.17, 15) is 4.79 Å². The number of amides is 1. The molecule has 1 aliphatic heterocycles. The van der Waals surface area contributed by atoms with Crippen molar-refractivity contribution in [3.05, 3.63) is 47.3 Å². The van der Waals surface area contributed by atoms with Gasteiger partial charge in [-0.3, -0.25) is 9.79 Å². The number of aromatic nitrogens is 2. The number of hydrogen-bond donors (Lipinski definition) is 2. The first-order valence-electron chi connectivity index (χ1n) is 9.89. The quantitative estimate of drug-likeness (QED) is 0.614. The molecule has 0 aliphatic carbocycles. The highest BCUT2D eigenvalue weighted by Gasteiger charge is 2.25. The molecule has 2 N–H and O–H groups in total. The van der Waals surface area contributed by atoms with Gasteiger partial charge in [-0.2, -0.15) is 5.10 Å². The Labute approximate surface area is 166 Å². The van der Waals surface area contributed by atoms with E-state index in [0.717, 1.165) is 42.5 Å². The molecule has 2 heterocycles. The molecule has 0 radical (unpaired) electrons. The van der Waals surface area contributed by atoms with Crippen LogP contribution in [0.1, 0.15) is 36.7 Å². The fraction of sp³-hybridized carbons (Fsp3) is 0.476. The Morgan fingerprint density at radius 1 is 1.29 bits per heavy atom. The third kappa shape index (κ3) is 4.35. The minimum Gasteiger partial charge on any atom is -0.352 e. The molecular formula is C21H30N6O. The van der Waals surface area contributed by atoms with E-state index in [1.807, 2.05) is 41.6 Å². The van der Waals surface area contributed by atoms with E-state index in [1.165, 1.54) is 5.56 Å². The van der Waals surface area contributed by atoms with Crippen molar-refractivity contribution in [1.29, 1.82) is 0 Å². The average molecular weight is 383 g/mol. The largest absolute Gasteiger partial charge is 0.352 e. The van der Waals surface area contributed by atoms with Crippen molar-refractivity contribution in [2.75, 3.05) is 20.1 Å². The maximum absolute atomic E-state index is 11.9. The molecule has 1 fully saturated rings. The van der Waals surface area contributed by atoms with Gasteiger partial charge >= 0.3 is 0 Å². The van der Waals surface area contributed by atoms with Gasteiger partial charge in [0.05, 0.1) is 11.4 Å². The van der Waals surface area contributed by atoms with Crippen molar-refractivity contribution in [1.82, 2.24) is 25.3 Å². The Morgan fingerprint density at radius 2 is 2.04 bits per heavy atom. The third-order valence-electron chi connectivity index (χ3n) is 5.28. The van der Waals surface area contributed by atoms with Gasteiger partial charge in [0.2, 0.25) is 5.91 Å². The van der Waals surface area contributed by atoms with Crippen LogP contribution in [0.15, 0.2) is 35.3 Å². The molecule has 1 aliphatic rings. The highest BCUT2D eigenvalue weighted by Crippen LogP contribution is 2.17. The summed E-state index contributed by atoms with van der Waals surface area (Å²) in [6.07, 6.45) is 1.50. The van der Waals surface area contributed by atoms with Crippen LogP contribution in [0.3, 0.4) is 0 Å². The Balaban J connectivity index is 1.62. The van der Waals surface area contributed by atoms with Crippen molar-refractivity contribution in [2.24, 2.45) is 4.99 Å². The molecule has 1 saturated heterocycles. The first-order chi connectivity index (χ1) is 13.5. The zero-order chi connectivity index (χ0) is 20.1. The van der Waals surface area contributed by atoms with Crippen LogP contribution < -0.4 is 10.6 Å². The van der Waals surface area contributed by atoms with Gasteiger partial charge in [-0.25, -0.2) is 4.68 Å². The molecule has 7 heteroatoms. The van der Waals surface area contributed by atoms with E-state index in [2.05, 4.69) is 34.7 Å². The number of carbonyl (C=O) groups is 1. The lowest BCUT2D eigenvalue weighted by atomic mass is 10.2. The number of aryl methyl sites for hydroxylation is 1. The smallest absolute Gasteiger partial charge is 0.222 e. The van der Waals surface area contributed by atoms with Crippen molar-refractivity contribution in [2.45, 2.75) is 46.2 Å². The van der Waals surface area contributed by atoms with Gasteiger partial charge in [0.15, 0.2) is 5.96 Å². The molecule has 1 aromatic heterocycles. The summed E-state index contributed by atoms with van der Waals surface area (Å²) in [7, 11) is 1.77. The van der Waals surface area contributed by atoms with Crippen molar-refractivity contribution in [3.8, 4) is 5.69 Å². The summed E-state index contributed by atoms with van der Waals surface area (Å²) in [5.41, 5.74) is 4.35. The predicted octanol–water partition coefficient (Wildman–Crippen LogP) is 2.17. The molecule has 1 amide bonds. The number of likely N-dealkylation sites (tertiary alicyclic amines) is 1. The summed E-state index contributed by atoms with van der Waals surface area (Å²) in [6, 6.07) is 10.4. The molecule has 2 aromatic rings. The number of nitrogens with zero attached hydrogens (tertiary/aromatic N) is 4. The van der Waals surface area contributed by atoms with E-state index in [1.54, 1.807) is 7.05 Å². The molecule has 3 rings (SSSR count). The van der Waals surface area contributed by atoms with E-state index in [-0.39, 0.29) is 11.9 Å². The van der Waals surface area contributed by atoms with Crippen LogP contribution in [0.25, 0.3) is 5.69 Å². The van der Waals surface area contributed by atoms with Crippen molar-refractivity contribution >= 4 is 11.9 Å². The molecule has 1 unspecified atom stereocenters. The Morgan fingerprint density at radius 3 is 2.71 bits per heavy atom. The number of rotatable bonds is 5. The number of para-hydroxylation sites is 1. The number of carbonyl (C=O) groups excluding carboxylic acids is 1. The highest BCUT2D eigenvalue weighted by molar-refractivity contribution is 5.80. The third-order valence-corrected chi connectivity index (χ3v) is 5.28. The first-order valence-corrected chi connectivity index (χ1v) is 9.89. The standard InChI is InChI=1S/C21H30N6O/c1-5-20(28)26-12-11-17(14-26)24-21(22-4)23-13-19-15(2)25-27(16(19)3)18-9-7-6-8-10-18/h6-10,17H,5,11-14H2,1-4H3,(H2,22,23,24). The number of nitrogens with one attached hydrogen (secondary N) is 2. The van der Waals surface area contributed by atoms with E-state index in [0.29, 0.717) is 13.0 Å². The van der Waals surface area contributed by atoms with E-state index < -0.39 is 0 Å². The molecule has 1 atom stereocenters. The van der Waals surface area contributed by atoms with Gasteiger partial charge in [-0.1, -0.05) is 25.1 Å². The van der Waals surface area contributed by atoms with Gasteiger partial charge in [0, 0.05) is 50.4 Å². The fourth-order valence-corrected chi connectivity index (χ4v) is 3.64. The fourth-order valence-electron chi connectivity index (χ4n) is 3.64. The molecule has 1 aromatic carbocycles. The van der Waals surface area contributed by atoms with Crippen LogP contribution in [0, 0.1) is 13.8 Å². The molecule has 7 nitrogen and oxygen atoms in total. The van der Waals surface area contributed by atoms with Crippen molar-refractivity contribution < 1.29 is 4.79 Å². The van der Waals surface area contributed by atoms with Gasteiger partial charge in [-0.15, -0.1) is 0 Å². The van der Waals surface area contributed by atoms with Crippen LogP contribution in [-0.2, 0) is 11.3 Å². The van der Waals surface area contributed by atoms with Gasteiger partial charge in [-0.05, 0) is 32.4 Å². The van der Waals surface area contributed by atoms with Crippen LogP contribution in [-0.4, -0.2) is 52.7 Å². The van der Waals surface area contributed by atoms with Crippen LogP contribution in [0.4, 0.5) is 0 Å². The zero-order valence-corrected chi connectivity index (χ0v) is 17.2. The van der Waals surface area contributed by atoms with Crippen molar-refractivity contribution in [3.63, 3.8) is 0 Å². The van der Waals surface area contributed by atoms with Crippen LogP contribution >= 0.6 is 0 Å². The van der Waals surface area contributed by atoms with Gasteiger partial charge in [0.25, 0.3) is 0 Å². The lowest BCUT2D eigenvalue weighted by Crippen LogP contribution is -2.44. The highest BCUT2D eigenvalue weighted by atomic mass is 16.2. The lowest BCUT2D eigenvalue weighted by Gasteiger charge is -2.19. The predicted molar refractivity (Wildman–Crippen MR) is 112 cm³/mol. The Hall–Kier alpha value is -2.83. The van der Waals surface area contributed by atoms with Gasteiger partial charge in [0.1, 0.15) is 0 Å². The summed E-state index contributed by atoms with van der Waals surface area (Å²) >= 11 is 0. The summed E-state index contributed by atoms with van der Waals surface area (Å²) in [6.45, 7) is 8.22. The lowest BCUT2D eigenvalue weighted by molar-refractivity contribution is -0.129. The summed E-state index contributed by atoms with van der Waals surface area (Å²) in [4.78, 5) is 18.1. The van der Waals surface area contributed by atoms with Gasteiger partial charge < -0.3 is 15.5 Å². The maximum atomic E-state index is 11.9. The number of hydrogen-bond acceptors (Lipinski definition) is 3. The second-order valence-electron chi connectivity index (χ2n) is 7.15. The molecule has 0 saturated carbocycles. The molecule has 28 heavy (non-hydrogen) atoms. The molecular weight excluding hydrogens is 352 g/mol. The second-order valence-corrected chi connectivity index (χ2v) is 7.15. The molecule has 150 valence electrons. The van der Waals surface area contributed by atoms with Crippen LogP contribution in [0.2, 0.25) is 0 Å². The maximum Gasteiger partial charge on any atom is 0.222 e. The first kappa shape index (κ1) is 19.9. The van der Waals surface area contributed by atoms with Crippen LogP contribution in [0.5, 0.6) is 0 Å². The average Bonchev–Trinajstić information content (AvgIpc) is 3.30. The SMILES string of the molecule is CCC(=O)N1CCC(NC(=NC)NCc2c(C)nn(-c3ccccc3)c2C)C1. The van der Waals surface area contributed by atoms with E-state index >= 15 is 0 Å². The Bertz CT molecular complexity index is 842. The Kier molecular flexibility index (Phi) is 6.34. The topological polar surface area (TPSA) is 74.6 Å². The zero-order valence-electron chi connectivity index (χ0n) is 17.2. The molecule has 0 spiro atoms. The van der Waals surface area contributed by atoms with E-state index in [4.69, 9.17) is 5.10 Å². The number of benzene rings is 1. The number of aliphatic imine (C=N–C) groups is 1. The summed E-state index contributed by atoms with van der Waals surface area (Å²) in [5, 5.41) is 11.5. The monoisotopic (exact) mass is 382 g/mol.